The molecule has 0 fully saturated rings. The van der Waals surface area contributed by atoms with Crippen LogP contribution < -0.4 is 4.31 Å². The fraction of sp³-hybridized carbons (Fsp3) is 0.533. The largest absolute Gasteiger partial charge is 0.469 e. The number of ether oxygens (including phenoxy) is 1. The van der Waals surface area contributed by atoms with Crippen LogP contribution in [0.1, 0.15) is 32.6 Å². The van der Waals surface area contributed by atoms with Gasteiger partial charge in [-0.15, -0.1) is 0 Å². The Balaban J connectivity index is 2.79. The molecule has 0 aliphatic carbocycles. The topological polar surface area (TPSA) is 63.7 Å². The third-order valence-electron chi connectivity index (χ3n) is 3.11. The third-order valence-corrected chi connectivity index (χ3v) is 4.98. The second-order valence-corrected chi connectivity index (χ2v) is 6.77. The Morgan fingerprint density at radius 1 is 1.19 bits per heavy atom. The van der Waals surface area contributed by atoms with Crippen LogP contribution in [0.15, 0.2) is 30.3 Å². The van der Waals surface area contributed by atoms with E-state index in [-0.39, 0.29) is 24.6 Å². The minimum atomic E-state index is -3.43. The first-order valence-corrected chi connectivity index (χ1v) is 8.74. The molecule has 0 radical (unpaired) electrons. The van der Waals surface area contributed by atoms with Gasteiger partial charge in [0.25, 0.3) is 0 Å². The van der Waals surface area contributed by atoms with Crippen molar-refractivity contribution in [1.82, 2.24) is 0 Å². The molecule has 0 aliphatic rings. The average Bonchev–Trinajstić information content (AvgIpc) is 2.48. The zero-order valence-corrected chi connectivity index (χ0v) is 13.4. The summed E-state index contributed by atoms with van der Waals surface area (Å²) in [6.45, 7) is 2.48. The van der Waals surface area contributed by atoms with E-state index >= 15 is 0 Å². The number of sulfonamides is 1. The van der Waals surface area contributed by atoms with Gasteiger partial charge in [-0.05, 0) is 25.0 Å². The van der Waals surface area contributed by atoms with Crippen molar-refractivity contribution in [2.24, 2.45) is 0 Å². The minimum Gasteiger partial charge on any atom is -0.469 e. The molecule has 0 heterocycles. The molecule has 0 unspecified atom stereocenters. The van der Waals surface area contributed by atoms with Crippen LogP contribution in [0.5, 0.6) is 0 Å². The number of unbranched alkanes of at least 4 members (excludes halogenated alkanes) is 1. The number of esters is 1. The molecular weight excluding hydrogens is 290 g/mol. The lowest BCUT2D eigenvalue weighted by Crippen LogP contribution is -2.34. The monoisotopic (exact) mass is 313 g/mol. The first-order valence-electron chi connectivity index (χ1n) is 7.13. The van der Waals surface area contributed by atoms with Gasteiger partial charge in [-0.2, -0.15) is 0 Å². The lowest BCUT2D eigenvalue weighted by Gasteiger charge is -2.24. The summed E-state index contributed by atoms with van der Waals surface area (Å²) in [5.41, 5.74) is 0.670. The summed E-state index contributed by atoms with van der Waals surface area (Å²) in [5, 5.41) is 0. The van der Waals surface area contributed by atoms with E-state index in [4.69, 9.17) is 0 Å². The maximum atomic E-state index is 12.5. The number of rotatable bonds is 9. The average molecular weight is 313 g/mol. The van der Waals surface area contributed by atoms with E-state index in [1.165, 1.54) is 11.4 Å². The van der Waals surface area contributed by atoms with Crippen LogP contribution in [0.2, 0.25) is 0 Å². The number of methoxy groups -OCH3 is 1. The van der Waals surface area contributed by atoms with Gasteiger partial charge < -0.3 is 4.74 Å². The van der Waals surface area contributed by atoms with Crippen molar-refractivity contribution in [3.8, 4) is 0 Å². The fourth-order valence-electron chi connectivity index (χ4n) is 1.94. The quantitative estimate of drug-likeness (QED) is 0.657. The van der Waals surface area contributed by atoms with Crippen molar-refractivity contribution < 1.29 is 17.9 Å². The van der Waals surface area contributed by atoms with Gasteiger partial charge in [0, 0.05) is 13.0 Å². The van der Waals surface area contributed by atoms with E-state index in [2.05, 4.69) is 4.74 Å². The number of carbonyl (C=O) groups is 1. The van der Waals surface area contributed by atoms with Gasteiger partial charge in [0.2, 0.25) is 10.0 Å². The third kappa shape index (κ3) is 5.75. The molecule has 118 valence electrons. The summed E-state index contributed by atoms with van der Waals surface area (Å²) in [7, 11) is -2.13. The summed E-state index contributed by atoms with van der Waals surface area (Å²) in [4.78, 5) is 11.1. The van der Waals surface area contributed by atoms with E-state index in [0.29, 0.717) is 12.2 Å². The number of nitrogens with zero attached hydrogens (tertiary/aromatic N) is 1. The fourth-order valence-corrected chi connectivity index (χ4v) is 3.52. The predicted octanol–water partition coefficient (Wildman–Crippen LogP) is 2.58. The van der Waals surface area contributed by atoms with E-state index in [9.17, 15) is 13.2 Å². The molecule has 5 nitrogen and oxygen atoms in total. The first-order chi connectivity index (χ1) is 10.0. The van der Waals surface area contributed by atoms with Gasteiger partial charge in [0.1, 0.15) is 0 Å². The highest BCUT2D eigenvalue weighted by atomic mass is 32.2. The molecule has 1 aromatic rings. The molecule has 0 bridgehead atoms. The zero-order chi connectivity index (χ0) is 15.7. The summed E-state index contributed by atoms with van der Waals surface area (Å²) in [6.07, 6.45) is 2.10. The molecule has 0 N–H and O–H groups in total. The maximum Gasteiger partial charge on any atom is 0.305 e. The molecule has 0 aliphatic heterocycles. The van der Waals surface area contributed by atoms with Gasteiger partial charge in [0.05, 0.1) is 18.6 Å². The Labute approximate surface area is 127 Å². The Kier molecular flexibility index (Phi) is 7.22. The molecule has 21 heavy (non-hydrogen) atoms. The number of carbonyl (C=O) groups excluding carboxylic acids is 1. The molecule has 0 amide bonds. The van der Waals surface area contributed by atoms with Crippen LogP contribution in [0.3, 0.4) is 0 Å². The minimum absolute atomic E-state index is 0.0549. The number of benzene rings is 1. The molecule has 6 heteroatoms. The van der Waals surface area contributed by atoms with Crippen LogP contribution in [-0.4, -0.2) is 33.8 Å². The first kappa shape index (κ1) is 17.5. The highest BCUT2D eigenvalue weighted by Gasteiger charge is 2.22. The lowest BCUT2D eigenvalue weighted by atomic mass is 10.3. The number of hydrogen-bond donors (Lipinski definition) is 0. The van der Waals surface area contributed by atoms with Crippen molar-refractivity contribution >= 4 is 21.7 Å². The summed E-state index contributed by atoms with van der Waals surface area (Å²) in [5.74, 6) is -0.439. The second-order valence-electron chi connectivity index (χ2n) is 4.76. The van der Waals surface area contributed by atoms with Crippen molar-refractivity contribution in [2.75, 3.05) is 23.7 Å². The molecule has 1 aromatic carbocycles. The van der Waals surface area contributed by atoms with Crippen LogP contribution in [0, 0.1) is 0 Å². The highest BCUT2D eigenvalue weighted by Crippen LogP contribution is 2.19. The van der Waals surface area contributed by atoms with Crippen molar-refractivity contribution in [1.29, 1.82) is 0 Å². The van der Waals surface area contributed by atoms with Crippen LogP contribution in [-0.2, 0) is 19.6 Å². The Morgan fingerprint density at radius 2 is 1.86 bits per heavy atom. The number of anilines is 1. The summed E-state index contributed by atoms with van der Waals surface area (Å²) < 4.78 is 30.9. The molecular formula is C15H23NO4S. The highest BCUT2D eigenvalue weighted by molar-refractivity contribution is 7.92. The van der Waals surface area contributed by atoms with Gasteiger partial charge in [0.15, 0.2) is 0 Å². The standard InChI is InChI=1S/C15H23NO4S/c1-3-4-12-16(14-9-6-5-7-10-14)21(18,19)13-8-11-15(17)20-2/h5-7,9-10H,3-4,8,11-13H2,1-2H3. The van der Waals surface area contributed by atoms with Crippen LogP contribution in [0.25, 0.3) is 0 Å². The lowest BCUT2D eigenvalue weighted by molar-refractivity contribution is -0.140. The van der Waals surface area contributed by atoms with Crippen molar-refractivity contribution in [3.63, 3.8) is 0 Å². The summed E-state index contributed by atoms with van der Waals surface area (Å²) >= 11 is 0. The van der Waals surface area contributed by atoms with E-state index in [1.54, 1.807) is 12.1 Å². The van der Waals surface area contributed by atoms with Crippen molar-refractivity contribution in [2.45, 2.75) is 32.6 Å². The molecule has 0 saturated heterocycles. The molecule has 0 saturated carbocycles. The number of hydrogen-bond acceptors (Lipinski definition) is 4. The van der Waals surface area contributed by atoms with Crippen molar-refractivity contribution in [3.05, 3.63) is 30.3 Å². The SMILES string of the molecule is CCCCN(c1ccccc1)S(=O)(=O)CCCC(=O)OC. The predicted molar refractivity (Wildman–Crippen MR) is 83.7 cm³/mol. The smallest absolute Gasteiger partial charge is 0.305 e. The second kappa shape index (κ2) is 8.67. The van der Waals surface area contributed by atoms with E-state index in [1.807, 2.05) is 25.1 Å². The summed E-state index contributed by atoms with van der Waals surface area (Å²) in [6, 6.07) is 9.06. The zero-order valence-electron chi connectivity index (χ0n) is 12.6. The molecule has 0 aromatic heterocycles. The van der Waals surface area contributed by atoms with Gasteiger partial charge in [-0.3, -0.25) is 9.10 Å². The van der Waals surface area contributed by atoms with Gasteiger partial charge in [-0.1, -0.05) is 31.5 Å². The molecule has 0 atom stereocenters. The van der Waals surface area contributed by atoms with Crippen LogP contribution >= 0.6 is 0 Å². The van der Waals surface area contributed by atoms with E-state index < -0.39 is 10.0 Å². The molecule has 1 rings (SSSR count). The van der Waals surface area contributed by atoms with Crippen LogP contribution in [0.4, 0.5) is 5.69 Å². The normalized spacial score (nSPS) is 11.1. The van der Waals surface area contributed by atoms with Gasteiger partial charge in [-0.25, -0.2) is 8.42 Å². The Bertz CT molecular complexity index is 528. The Morgan fingerprint density at radius 3 is 2.43 bits per heavy atom. The van der Waals surface area contributed by atoms with Gasteiger partial charge >= 0.3 is 5.97 Å². The Hall–Kier alpha value is -1.56. The maximum absolute atomic E-state index is 12.5. The number of para-hydroxylation sites is 1. The van der Waals surface area contributed by atoms with E-state index in [0.717, 1.165) is 12.8 Å². The molecule has 0 spiro atoms.